The van der Waals surface area contributed by atoms with Crippen LogP contribution in [0.25, 0.3) is 0 Å². The molecule has 0 bridgehead atoms. The molecule has 3 N–H and O–H groups in total. The van der Waals surface area contributed by atoms with E-state index < -0.39 is 99.9 Å². The molecule has 19 nitrogen and oxygen atoms in total. The Hall–Kier alpha value is -13.1. The average Bonchev–Trinajstić information content (AvgIpc) is 1.35. The smallest absolute Gasteiger partial charge is 0.338 e. The number of nitrogens with one attached hydrogen (secondary N) is 1. The molecule has 562 valence electrons. The number of aliphatic imine (C=N–C) groups is 1. The SMILES string of the molecule is C=C=NC1OC(COC(=O)c2ccccc2)C(OC(=O)c2ccccc2)C1OC(=O)c1ccccc1.NNC=O.O=C(OCC1OC(N=P(c2ccccc2)(c2ccccc2)c2ccccc2)C(OC(=O)c2ccccc2)C1OC(=O)c1ccccc1)c1ccccc1.c1ccc(P(c2ccccc2)c2ccccc2)cc1. The highest BCUT2D eigenvalue weighted by atomic mass is 31.2. The van der Waals surface area contributed by atoms with Crippen molar-refractivity contribution < 1.29 is 71.5 Å². The zero-order chi connectivity index (χ0) is 78.1. The topological polar surface area (TPSA) is 256 Å². The van der Waals surface area contributed by atoms with Crippen molar-refractivity contribution in [2.75, 3.05) is 13.2 Å². The highest BCUT2D eigenvalue weighted by Gasteiger charge is 2.53. The zero-order valence-corrected chi connectivity index (χ0v) is 62.2. The standard InChI is InChI=1S/C44H36NO7P.C28H23NO7.C18H15P.CH4N2O/c46-42(32-19-7-1-8-20-32)49-31-38-39(51-43(47)33-21-9-2-10-22-33)40(52-44(48)34-23-11-3-12-24-34)41(50-38)45-53(35-25-13-4-14-26-35,36-27-15-5-16-28-36)37-29-17-6-18-30-37;1-2-29-25-24(36-28(32)21-16-10-5-11-17-21)23(35-27(31)20-14-8-4-9-15-20)22(34-25)18-33-26(30)19-12-6-3-7-13-19;1-4-10-16(11-5-1)19(17-12-6-2-7-13-17)18-14-8-3-9-15-18;2-3-1-4/h1-30,38-41H,31H2;3-17,22-25H,1,18H2;1-15H;1H,2H2,(H,3,4). The van der Waals surface area contributed by atoms with E-state index in [1.165, 1.54) is 15.9 Å². The summed E-state index contributed by atoms with van der Waals surface area (Å²) in [6.45, 7) is 2.88. The fourth-order valence-electron chi connectivity index (χ4n) is 12.1. The summed E-state index contributed by atoms with van der Waals surface area (Å²) in [5.41, 5.74) is 3.63. The number of nitrogens with two attached hydrogens (primary N) is 1. The second kappa shape index (κ2) is 41.5. The maximum atomic E-state index is 13.8. The summed E-state index contributed by atoms with van der Waals surface area (Å²) in [6.07, 6.45) is -8.57. The van der Waals surface area contributed by atoms with Crippen LogP contribution in [0.3, 0.4) is 0 Å². The van der Waals surface area contributed by atoms with Gasteiger partial charge in [-0.2, -0.15) is 0 Å². The summed E-state index contributed by atoms with van der Waals surface area (Å²) >= 11 is 0. The first kappa shape index (κ1) is 79.9. The van der Waals surface area contributed by atoms with Gasteiger partial charge < -0.3 is 37.9 Å². The number of ether oxygens (including phenoxy) is 8. The molecule has 0 aliphatic carbocycles. The van der Waals surface area contributed by atoms with Crippen LogP contribution in [0.4, 0.5) is 0 Å². The maximum absolute atomic E-state index is 13.8. The minimum atomic E-state index is -2.93. The quantitative estimate of drug-likeness (QED) is 0.00882. The minimum Gasteiger partial charge on any atom is -0.459 e. The summed E-state index contributed by atoms with van der Waals surface area (Å²) in [6, 6.07) is 113. The number of hydrogen-bond donors (Lipinski definition) is 2. The van der Waals surface area contributed by atoms with Gasteiger partial charge in [0.05, 0.1) is 40.4 Å². The number of carbonyl (C=O) groups is 7. The van der Waals surface area contributed by atoms with Crippen LogP contribution in [0.5, 0.6) is 0 Å². The van der Waals surface area contributed by atoms with Crippen molar-refractivity contribution in [2.24, 2.45) is 15.6 Å². The fraction of sp³-hybridized carbons (Fsp3) is 0.110. The zero-order valence-electron chi connectivity index (χ0n) is 60.4. The molecule has 112 heavy (non-hydrogen) atoms. The molecule has 2 heterocycles. The Labute approximate surface area is 650 Å². The van der Waals surface area contributed by atoms with Gasteiger partial charge >= 0.3 is 35.8 Å². The number of nitrogens with zero attached hydrogens (tertiary/aromatic N) is 2. The lowest BCUT2D eigenvalue weighted by atomic mass is 10.1. The van der Waals surface area contributed by atoms with Crippen LogP contribution in [0, 0.1) is 0 Å². The molecule has 2 aliphatic heterocycles. The third kappa shape index (κ3) is 21.4. The molecule has 21 heteroatoms. The summed E-state index contributed by atoms with van der Waals surface area (Å²) in [7, 11) is -3.37. The van der Waals surface area contributed by atoms with Crippen LogP contribution in [-0.2, 0) is 42.7 Å². The molecule has 1 amide bonds. The molecule has 2 aliphatic rings. The third-order valence-corrected chi connectivity index (χ3v) is 23.5. The molecule has 2 fully saturated rings. The minimum absolute atomic E-state index is 0.275. The molecule has 12 aromatic rings. The predicted octanol–water partition coefficient (Wildman–Crippen LogP) is 13.1. The highest BCUT2D eigenvalue weighted by molar-refractivity contribution is 7.87. The van der Waals surface area contributed by atoms with Crippen LogP contribution in [0.15, 0.2) is 380 Å². The van der Waals surface area contributed by atoms with E-state index in [1.54, 1.807) is 187 Å². The Bertz CT molecular complexity index is 4880. The summed E-state index contributed by atoms with van der Waals surface area (Å²) in [5.74, 6) is 3.00. The van der Waals surface area contributed by atoms with E-state index in [0.29, 0.717) is 39.8 Å². The van der Waals surface area contributed by atoms with Crippen LogP contribution >= 0.6 is 15.0 Å². The van der Waals surface area contributed by atoms with Crippen LogP contribution < -0.4 is 43.1 Å². The highest BCUT2D eigenvalue weighted by Crippen LogP contribution is 2.49. The van der Waals surface area contributed by atoms with Gasteiger partial charge in [-0.3, -0.25) is 15.0 Å². The lowest BCUT2D eigenvalue weighted by molar-refractivity contribution is -0.109. The van der Waals surface area contributed by atoms with Crippen molar-refractivity contribution in [3.05, 3.63) is 404 Å². The largest absolute Gasteiger partial charge is 0.459 e. The van der Waals surface area contributed by atoms with Crippen molar-refractivity contribution >= 4 is 94.9 Å². The molecular weight excluding hydrogens is 1450 g/mol. The first-order chi connectivity index (χ1) is 55.0. The van der Waals surface area contributed by atoms with Crippen LogP contribution in [0.2, 0.25) is 0 Å². The molecule has 0 aromatic heterocycles. The maximum Gasteiger partial charge on any atom is 0.338 e. The monoisotopic (exact) mass is 1530 g/mol. The predicted molar refractivity (Wildman–Crippen MR) is 433 cm³/mol. The van der Waals surface area contributed by atoms with Crippen molar-refractivity contribution in [3.8, 4) is 0 Å². The lowest BCUT2D eigenvalue weighted by Gasteiger charge is -2.30. The van der Waals surface area contributed by atoms with E-state index >= 15 is 0 Å². The number of esters is 6. The van der Waals surface area contributed by atoms with Crippen molar-refractivity contribution in [2.45, 2.75) is 49.1 Å². The number of hydrazine groups is 1. The Morgan fingerprint density at radius 2 is 0.580 bits per heavy atom. The van der Waals surface area contributed by atoms with Gasteiger partial charge in [0.2, 0.25) is 6.41 Å². The van der Waals surface area contributed by atoms with E-state index in [2.05, 4.69) is 114 Å². The number of carbonyl (C=O) groups excluding carboxylic acids is 7. The molecule has 8 unspecified atom stereocenters. The van der Waals surface area contributed by atoms with Gasteiger partial charge in [-0.15, -0.1) is 0 Å². The van der Waals surface area contributed by atoms with Gasteiger partial charge in [0.1, 0.15) is 25.4 Å². The van der Waals surface area contributed by atoms with Crippen LogP contribution in [0.1, 0.15) is 62.1 Å². The Kier molecular flexibility index (Phi) is 29.6. The van der Waals surface area contributed by atoms with E-state index in [9.17, 15) is 28.8 Å². The number of amides is 1. The van der Waals surface area contributed by atoms with E-state index in [0.717, 1.165) is 15.9 Å². The second-order valence-corrected chi connectivity index (χ2v) is 29.9. The lowest BCUT2D eigenvalue weighted by Crippen LogP contribution is -2.42. The first-order valence-electron chi connectivity index (χ1n) is 35.6. The molecule has 0 saturated carbocycles. The van der Waals surface area contributed by atoms with Gasteiger partial charge in [0.25, 0.3) is 0 Å². The Balaban J connectivity index is 0.000000180. The van der Waals surface area contributed by atoms with Crippen LogP contribution in [-0.4, -0.2) is 110 Å². The molecule has 0 radical (unpaired) electrons. The van der Waals surface area contributed by atoms with Gasteiger partial charge in [-0.25, -0.2) is 39.6 Å². The second-order valence-electron chi connectivity index (χ2n) is 24.7. The molecule has 0 spiro atoms. The Morgan fingerprint density at radius 1 is 0.357 bits per heavy atom. The van der Waals surface area contributed by atoms with Gasteiger partial charge in [0, 0.05) is 15.9 Å². The fourth-order valence-corrected chi connectivity index (χ4v) is 18.1. The van der Waals surface area contributed by atoms with E-state index in [4.69, 9.17) is 47.4 Å². The first-order valence-corrected chi connectivity index (χ1v) is 38.7. The van der Waals surface area contributed by atoms with E-state index in [1.807, 2.05) is 91.0 Å². The number of benzene rings is 12. The van der Waals surface area contributed by atoms with Crippen molar-refractivity contribution in [1.82, 2.24) is 5.43 Å². The van der Waals surface area contributed by atoms with Gasteiger partial charge in [-0.1, -0.05) is 291 Å². The van der Waals surface area contributed by atoms with E-state index in [-0.39, 0.29) is 13.2 Å². The summed E-state index contributed by atoms with van der Waals surface area (Å²) < 4.78 is 53.2. The Morgan fingerprint density at radius 3 is 0.839 bits per heavy atom. The molecule has 2 saturated heterocycles. The number of hydrogen-bond acceptors (Lipinski definition) is 18. The summed E-state index contributed by atoms with van der Waals surface area (Å²) in [4.78, 5) is 91.9. The number of rotatable bonds is 23. The normalized spacial score (nSPS) is 17.1. The molecule has 12 aromatic carbocycles. The summed E-state index contributed by atoms with van der Waals surface area (Å²) in [5, 5.41) is 7.00. The van der Waals surface area contributed by atoms with Gasteiger partial charge in [0.15, 0.2) is 36.9 Å². The third-order valence-electron chi connectivity index (χ3n) is 17.4. The van der Waals surface area contributed by atoms with Crippen molar-refractivity contribution in [1.29, 1.82) is 0 Å². The van der Waals surface area contributed by atoms with Gasteiger partial charge in [-0.05, 0) is 109 Å². The van der Waals surface area contributed by atoms with Crippen molar-refractivity contribution in [3.63, 3.8) is 0 Å². The molecule has 8 atom stereocenters. The average molecular weight is 1530 g/mol. The molecule has 14 rings (SSSR count). The molecular formula is C91H78N4O15P2.